The number of hydrazone groups is 1. The quantitative estimate of drug-likeness (QED) is 0.697. The number of aromatic nitrogens is 1. The lowest BCUT2D eigenvalue weighted by atomic mass is 10.0. The molecule has 21 heavy (non-hydrogen) atoms. The van der Waals surface area contributed by atoms with Crippen molar-refractivity contribution < 1.29 is 4.79 Å². The number of benzene rings is 1. The Hall–Kier alpha value is -2.01. The Labute approximate surface area is 128 Å². The van der Waals surface area contributed by atoms with Crippen LogP contribution in [0.5, 0.6) is 0 Å². The molecule has 0 aliphatic carbocycles. The molecule has 1 N–H and O–H groups in total. The van der Waals surface area contributed by atoms with Gasteiger partial charge < -0.3 is 0 Å². The summed E-state index contributed by atoms with van der Waals surface area (Å²) < 4.78 is 0. The minimum atomic E-state index is -0.151. The fraction of sp³-hybridized carbons (Fsp3) is 0.312. The molecule has 4 nitrogen and oxygen atoms in total. The molecular formula is C16H19N3OS. The lowest BCUT2D eigenvalue weighted by molar-refractivity contribution is -0.120. The Bertz CT molecular complexity index is 689. The van der Waals surface area contributed by atoms with Gasteiger partial charge in [-0.15, -0.1) is 11.3 Å². The molecular weight excluding hydrogens is 282 g/mol. The van der Waals surface area contributed by atoms with Crippen LogP contribution in [-0.2, 0) is 11.2 Å². The van der Waals surface area contributed by atoms with Crippen LogP contribution in [0.4, 0.5) is 0 Å². The highest BCUT2D eigenvalue weighted by atomic mass is 32.1. The average Bonchev–Trinajstić information content (AvgIpc) is 2.81. The van der Waals surface area contributed by atoms with Crippen molar-refractivity contribution in [3.05, 3.63) is 50.5 Å². The van der Waals surface area contributed by atoms with E-state index in [1.54, 1.807) is 6.21 Å². The number of thiazole rings is 1. The van der Waals surface area contributed by atoms with Crippen LogP contribution in [0, 0.1) is 27.7 Å². The maximum atomic E-state index is 11.8. The predicted octanol–water partition coefficient (Wildman–Crippen LogP) is 3.07. The molecule has 1 aromatic heterocycles. The van der Waals surface area contributed by atoms with Crippen molar-refractivity contribution in [1.82, 2.24) is 10.4 Å². The molecule has 0 saturated heterocycles. The largest absolute Gasteiger partial charge is 0.273 e. The van der Waals surface area contributed by atoms with E-state index in [-0.39, 0.29) is 12.3 Å². The Kier molecular flexibility index (Phi) is 4.85. The normalized spacial score (nSPS) is 11.0. The van der Waals surface area contributed by atoms with E-state index in [9.17, 15) is 4.79 Å². The molecule has 1 amide bonds. The molecule has 2 rings (SSSR count). The van der Waals surface area contributed by atoms with Gasteiger partial charge in [0, 0.05) is 11.1 Å². The fourth-order valence-electron chi connectivity index (χ4n) is 1.96. The minimum Gasteiger partial charge on any atom is -0.273 e. The maximum absolute atomic E-state index is 11.8. The van der Waals surface area contributed by atoms with Crippen LogP contribution in [-0.4, -0.2) is 17.1 Å². The number of aryl methyl sites for hydroxylation is 4. The molecule has 0 fully saturated rings. The van der Waals surface area contributed by atoms with Crippen molar-refractivity contribution in [2.75, 3.05) is 0 Å². The second kappa shape index (κ2) is 6.63. The van der Waals surface area contributed by atoms with Crippen LogP contribution in [0.25, 0.3) is 0 Å². The van der Waals surface area contributed by atoms with Crippen molar-refractivity contribution in [3.63, 3.8) is 0 Å². The van der Waals surface area contributed by atoms with Crippen molar-refractivity contribution >= 4 is 23.5 Å². The summed E-state index contributed by atoms with van der Waals surface area (Å²) in [4.78, 5) is 16.0. The Morgan fingerprint density at radius 3 is 2.62 bits per heavy atom. The van der Waals surface area contributed by atoms with Gasteiger partial charge in [0.1, 0.15) is 5.01 Å². The first kappa shape index (κ1) is 15.4. The molecule has 0 spiro atoms. The summed E-state index contributed by atoms with van der Waals surface area (Å²) >= 11 is 1.49. The Morgan fingerprint density at radius 2 is 1.95 bits per heavy atom. The number of rotatable bonds is 4. The first-order valence-electron chi connectivity index (χ1n) is 6.76. The van der Waals surface area contributed by atoms with Crippen LogP contribution < -0.4 is 5.43 Å². The lowest BCUT2D eigenvalue weighted by Gasteiger charge is -2.05. The second-order valence-electron chi connectivity index (χ2n) is 5.15. The number of amides is 1. The minimum absolute atomic E-state index is 0.151. The summed E-state index contributed by atoms with van der Waals surface area (Å²) in [6.45, 7) is 8.10. The van der Waals surface area contributed by atoms with Gasteiger partial charge in [-0.25, -0.2) is 10.4 Å². The molecule has 0 atom stereocenters. The zero-order valence-electron chi connectivity index (χ0n) is 12.7. The van der Waals surface area contributed by atoms with Crippen LogP contribution >= 0.6 is 11.3 Å². The summed E-state index contributed by atoms with van der Waals surface area (Å²) in [6, 6.07) is 4.20. The predicted molar refractivity (Wildman–Crippen MR) is 86.9 cm³/mol. The van der Waals surface area contributed by atoms with E-state index < -0.39 is 0 Å². The molecule has 5 heteroatoms. The number of nitrogens with zero attached hydrogens (tertiary/aromatic N) is 2. The van der Waals surface area contributed by atoms with Gasteiger partial charge in [-0.3, -0.25) is 4.79 Å². The van der Waals surface area contributed by atoms with Gasteiger partial charge in [0.2, 0.25) is 5.91 Å². The zero-order chi connectivity index (χ0) is 15.4. The van der Waals surface area contributed by atoms with E-state index >= 15 is 0 Å². The monoisotopic (exact) mass is 301 g/mol. The van der Waals surface area contributed by atoms with Crippen LogP contribution in [0.15, 0.2) is 22.6 Å². The Balaban J connectivity index is 1.96. The number of carbonyl (C=O) groups is 1. The molecule has 0 bridgehead atoms. The van der Waals surface area contributed by atoms with Crippen molar-refractivity contribution in [2.45, 2.75) is 34.1 Å². The summed E-state index contributed by atoms with van der Waals surface area (Å²) in [5, 5.41) is 6.77. The van der Waals surface area contributed by atoms with Gasteiger partial charge in [-0.05, 0) is 56.0 Å². The SMILES string of the molecule is Cc1csc(CC(=O)N/N=C\c2cc(C)c(C)cc2C)n1. The third kappa shape index (κ3) is 4.23. The maximum Gasteiger partial charge on any atom is 0.246 e. The highest BCUT2D eigenvalue weighted by molar-refractivity contribution is 7.09. The number of nitrogens with one attached hydrogen (secondary N) is 1. The van der Waals surface area contributed by atoms with Crippen molar-refractivity contribution in [1.29, 1.82) is 0 Å². The number of hydrogen-bond donors (Lipinski definition) is 1. The van der Waals surface area contributed by atoms with E-state index in [4.69, 9.17) is 0 Å². The van der Waals surface area contributed by atoms with Crippen molar-refractivity contribution in [3.8, 4) is 0 Å². The van der Waals surface area contributed by atoms with Crippen LogP contribution in [0.2, 0.25) is 0 Å². The third-order valence-electron chi connectivity index (χ3n) is 3.25. The van der Waals surface area contributed by atoms with Gasteiger partial charge in [-0.2, -0.15) is 5.10 Å². The highest BCUT2D eigenvalue weighted by Crippen LogP contribution is 2.13. The fourth-order valence-corrected chi connectivity index (χ4v) is 2.73. The van der Waals surface area contributed by atoms with Gasteiger partial charge in [0.15, 0.2) is 0 Å². The van der Waals surface area contributed by atoms with Gasteiger partial charge in [-0.1, -0.05) is 6.07 Å². The second-order valence-corrected chi connectivity index (χ2v) is 6.09. The average molecular weight is 301 g/mol. The van der Waals surface area contributed by atoms with E-state index in [1.165, 1.54) is 22.5 Å². The van der Waals surface area contributed by atoms with Gasteiger partial charge in [0.25, 0.3) is 0 Å². The molecule has 1 aromatic carbocycles. The smallest absolute Gasteiger partial charge is 0.246 e. The molecule has 110 valence electrons. The Morgan fingerprint density at radius 1 is 1.24 bits per heavy atom. The van der Waals surface area contributed by atoms with Crippen LogP contribution in [0.1, 0.15) is 33.0 Å². The molecule has 1 heterocycles. The molecule has 0 unspecified atom stereocenters. The molecule has 0 aliphatic heterocycles. The van der Waals surface area contributed by atoms with E-state index in [2.05, 4.69) is 41.5 Å². The third-order valence-corrected chi connectivity index (χ3v) is 4.22. The zero-order valence-corrected chi connectivity index (χ0v) is 13.5. The number of carbonyl (C=O) groups excluding carboxylic acids is 1. The van der Waals surface area contributed by atoms with Gasteiger partial charge in [0.05, 0.1) is 12.6 Å². The van der Waals surface area contributed by atoms with Gasteiger partial charge >= 0.3 is 0 Å². The highest BCUT2D eigenvalue weighted by Gasteiger charge is 2.05. The molecule has 0 radical (unpaired) electrons. The summed E-state index contributed by atoms with van der Waals surface area (Å²) in [6.07, 6.45) is 1.95. The first-order valence-corrected chi connectivity index (χ1v) is 7.64. The topological polar surface area (TPSA) is 54.4 Å². The van der Waals surface area contributed by atoms with E-state index in [0.29, 0.717) is 0 Å². The molecule has 2 aromatic rings. The van der Waals surface area contributed by atoms with Crippen LogP contribution in [0.3, 0.4) is 0 Å². The standard InChI is InChI=1S/C16H19N3OS/c1-10-5-12(3)14(6-11(10)2)8-17-19-15(20)7-16-18-13(4)9-21-16/h5-6,8-9H,7H2,1-4H3,(H,19,20)/b17-8-. The lowest BCUT2D eigenvalue weighted by Crippen LogP contribution is -2.19. The first-order chi connectivity index (χ1) is 9.95. The summed E-state index contributed by atoms with van der Waals surface area (Å²) in [5.74, 6) is -0.151. The van der Waals surface area contributed by atoms with E-state index in [1.807, 2.05) is 19.2 Å². The van der Waals surface area contributed by atoms with Crippen molar-refractivity contribution in [2.24, 2.45) is 5.10 Å². The number of hydrogen-bond acceptors (Lipinski definition) is 4. The summed E-state index contributed by atoms with van der Waals surface area (Å²) in [7, 11) is 0. The molecule has 0 saturated carbocycles. The van der Waals surface area contributed by atoms with E-state index in [0.717, 1.165) is 21.8 Å². The summed E-state index contributed by atoms with van der Waals surface area (Å²) in [5.41, 5.74) is 8.12. The molecule has 0 aliphatic rings.